The van der Waals surface area contributed by atoms with Crippen molar-refractivity contribution in [1.29, 1.82) is 0 Å². The molecule has 1 aliphatic rings. The van der Waals surface area contributed by atoms with Crippen molar-refractivity contribution in [2.45, 2.75) is 38.5 Å². The molecule has 4 nitrogen and oxygen atoms in total. The zero-order valence-corrected chi connectivity index (χ0v) is 11.5. The first kappa shape index (κ1) is 15.5. The highest BCUT2D eigenvalue weighted by atomic mass is 16.2. The van der Waals surface area contributed by atoms with Gasteiger partial charge in [-0.05, 0) is 18.3 Å². The van der Waals surface area contributed by atoms with Crippen molar-refractivity contribution >= 4 is 11.8 Å². The van der Waals surface area contributed by atoms with E-state index in [0.29, 0.717) is 25.9 Å². The molecular formula is C15H24N2O2. The number of carbonyl (C=O) groups is 2. The first-order valence-corrected chi connectivity index (χ1v) is 6.87. The topological polar surface area (TPSA) is 58.2 Å². The Hall–Kier alpha value is -1.58. The average Bonchev–Trinajstić information content (AvgIpc) is 2.82. The maximum Gasteiger partial charge on any atom is 0.220 e. The van der Waals surface area contributed by atoms with Gasteiger partial charge in [-0.3, -0.25) is 9.59 Å². The fraction of sp³-hybridized carbons (Fsp3) is 0.600. The lowest BCUT2D eigenvalue weighted by atomic mass is 9.79. The van der Waals surface area contributed by atoms with Crippen LogP contribution in [0, 0.1) is 5.41 Å². The number of nitrogens with one attached hydrogen (secondary N) is 2. The van der Waals surface area contributed by atoms with E-state index in [1.54, 1.807) is 12.2 Å². The Labute approximate surface area is 115 Å². The van der Waals surface area contributed by atoms with Crippen LogP contribution in [0.3, 0.4) is 0 Å². The van der Waals surface area contributed by atoms with E-state index in [2.05, 4.69) is 23.8 Å². The molecule has 1 rings (SSSR count). The van der Waals surface area contributed by atoms with Crippen LogP contribution in [0.2, 0.25) is 0 Å². The van der Waals surface area contributed by atoms with Crippen LogP contribution >= 0.6 is 0 Å². The summed E-state index contributed by atoms with van der Waals surface area (Å²) < 4.78 is 0. The van der Waals surface area contributed by atoms with Gasteiger partial charge in [-0.25, -0.2) is 0 Å². The summed E-state index contributed by atoms with van der Waals surface area (Å²) in [4.78, 5) is 23.7. The van der Waals surface area contributed by atoms with Crippen molar-refractivity contribution in [2.24, 2.45) is 5.41 Å². The van der Waals surface area contributed by atoms with Crippen molar-refractivity contribution < 1.29 is 9.59 Å². The summed E-state index contributed by atoms with van der Waals surface area (Å²) in [5, 5.41) is 5.59. The minimum atomic E-state index is -0.156. The Morgan fingerprint density at radius 3 is 1.74 bits per heavy atom. The molecular weight excluding hydrogens is 240 g/mol. The van der Waals surface area contributed by atoms with E-state index in [1.165, 1.54) is 0 Å². The zero-order valence-electron chi connectivity index (χ0n) is 11.5. The van der Waals surface area contributed by atoms with Crippen molar-refractivity contribution in [1.82, 2.24) is 10.6 Å². The summed E-state index contributed by atoms with van der Waals surface area (Å²) in [5.74, 6) is 0.0247. The first-order valence-electron chi connectivity index (χ1n) is 6.87. The summed E-state index contributed by atoms with van der Waals surface area (Å²) >= 11 is 0. The lowest BCUT2D eigenvalue weighted by molar-refractivity contribution is -0.126. The molecule has 0 aromatic carbocycles. The summed E-state index contributed by atoms with van der Waals surface area (Å²) in [6, 6.07) is 0. The van der Waals surface area contributed by atoms with Crippen LogP contribution in [0.25, 0.3) is 0 Å². The molecule has 0 spiro atoms. The first-order chi connectivity index (χ1) is 9.12. The molecule has 0 saturated heterocycles. The summed E-state index contributed by atoms with van der Waals surface area (Å²) in [7, 11) is 0. The quantitative estimate of drug-likeness (QED) is 0.658. The summed E-state index contributed by atoms with van der Waals surface area (Å²) in [5.41, 5.74) is -0.156. The molecule has 4 heteroatoms. The minimum Gasteiger partial charge on any atom is -0.353 e. The van der Waals surface area contributed by atoms with E-state index in [-0.39, 0.29) is 17.2 Å². The van der Waals surface area contributed by atoms with Crippen LogP contribution in [0.4, 0.5) is 0 Å². The fourth-order valence-corrected chi connectivity index (χ4v) is 2.72. The molecule has 0 bridgehead atoms. The highest BCUT2D eigenvalue weighted by Gasteiger charge is 2.37. The highest BCUT2D eigenvalue weighted by Crippen LogP contribution is 2.43. The second-order valence-corrected chi connectivity index (χ2v) is 5.25. The largest absolute Gasteiger partial charge is 0.353 e. The second kappa shape index (κ2) is 7.77. The predicted octanol–water partition coefficient (Wildman–Crippen LogP) is 1.93. The lowest BCUT2D eigenvalue weighted by Crippen LogP contribution is -2.35. The fourth-order valence-electron chi connectivity index (χ4n) is 2.72. The zero-order chi connectivity index (χ0) is 14.1. The molecule has 1 saturated carbocycles. The number of hydrogen-bond acceptors (Lipinski definition) is 2. The van der Waals surface area contributed by atoms with E-state index in [4.69, 9.17) is 0 Å². The van der Waals surface area contributed by atoms with Crippen LogP contribution in [-0.4, -0.2) is 24.9 Å². The van der Waals surface area contributed by atoms with Gasteiger partial charge in [0.05, 0.1) is 0 Å². The minimum absolute atomic E-state index is 0.0123. The Kier molecular flexibility index (Phi) is 6.33. The molecule has 1 fully saturated rings. The van der Waals surface area contributed by atoms with Crippen LogP contribution in [0.15, 0.2) is 25.3 Å². The van der Waals surface area contributed by atoms with Gasteiger partial charge in [-0.2, -0.15) is 0 Å². The SMILES string of the molecule is C=CCNC(=O)CC1(CC(=O)NCC=C)CCCC1. The van der Waals surface area contributed by atoms with Gasteiger partial charge >= 0.3 is 0 Å². The van der Waals surface area contributed by atoms with Crippen molar-refractivity contribution in [3.63, 3.8) is 0 Å². The van der Waals surface area contributed by atoms with E-state index < -0.39 is 0 Å². The van der Waals surface area contributed by atoms with Gasteiger partial charge in [0.25, 0.3) is 0 Å². The molecule has 0 atom stereocenters. The highest BCUT2D eigenvalue weighted by molar-refractivity contribution is 5.80. The van der Waals surface area contributed by atoms with E-state index in [9.17, 15) is 9.59 Å². The lowest BCUT2D eigenvalue weighted by Gasteiger charge is -2.27. The number of amides is 2. The number of hydrogen-bond donors (Lipinski definition) is 2. The molecule has 0 heterocycles. The molecule has 0 unspecified atom stereocenters. The molecule has 1 aliphatic carbocycles. The van der Waals surface area contributed by atoms with Crippen LogP contribution in [0.5, 0.6) is 0 Å². The molecule has 0 radical (unpaired) electrons. The van der Waals surface area contributed by atoms with Gasteiger partial charge in [0, 0.05) is 25.9 Å². The van der Waals surface area contributed by atoms with E-state index in [0.717, 1.165) is 25.7 Å². The Balaban J connectivity index is 2.53. The molecule has 0 aromatic heterocycles. The predicted molar refractivity (Wildman–Crippen MR) is 76.5 cm³/mol. The van der Waals surface area contributed by atoms with Crippen molar-refractivity contribution in [3.8, 4) is 0 Å². The standard InChI is InChI=1S/C15H24N2O2/c1-3-9-16-13(18)11-15(7-5-6-8-15)12-14(19)17-10-4-2/h3-4H,1-2,5-12H2,(H,16,18)(H,17,19). The molecule has 0 aliphatic heterocycles. The number of carbonyl (C=O) groups excluding carboxylic acids is 2. The van der Waals surface area contributed by atoms with Gasteiger partial charge in [0.1, 0.15) is 0 Å². The molecule has 2 amide bonds. The van der Waals surface area contributed by atoms with E-state index in [1.807, 2.05) is 0 Å². The van der Waals surface area contributed by atoms with Crippen molar-refractivity contribution in [2.75, 3.05) is 13.1 Å². The third-order valence-corrected chi connectivity index (χ3v) is 3.62. The van der Waals surface area contributed by atoms with Crippen molar-refractivity contribution in [3.05, 3.63) is 25.3 Å². The van der Waals surface area contributed by atoms with Crippen LogP contribution in [-0.2, 0) is 9.59 Å². The normalized spacial score (nSPS) is 16.6. The monoisotopic (exact) mass is 264 g/mol. The smallest absolute Gasteiger partial charge is 0.220 e. The van der Waals surface area contributed by atoms with Gasteiger partial charge in [-0.1, -0.05) is 25.0 Å². The maximum absolute atomic E-state index is 11.9. The Morgan fingerprint density at radius 1 is 0.947 bits per heavy atom. The third-order valence-electron chi connectivity index (χ3n) is 3.62. The third kappa shape index (κ3) is 5.28. The Morgan fingerprint density at radius 2 is 1.37 bits per heavy atom. The summed E-state index contributed by atoms with van der Waals surface area (Å²) in [6.07, 6.45) is 8.30. The van der Waals surface area contributed by atoms with Gasteiger partial charge < -0.3 is 10.6 Å². The van der Waals surface area contributed by atoms with Crippen LogP contribution < -0.4 is 10.6 Å². The number of rotatable bonds is 8. The van der Waals surface area contributed by atoms with Gasteiger partial charge in [0.2, 0.25) is 11.8 Å². The second-order valence-electron chi connectivity index (χ2n) is 5.25. The summed E-state index contributed by atoms with van der Waals surface area (Å²) in [6.45, 7) is 8.12. The van der Waals surface area contributed by atoms with Crippen LogP contribution in [0.1, 0.15) is 38.5 Å². The van der Waals surface area contributed by atoms with E-state index >= 15 is 0 Å². The molecule has 2 N–H and O–H groups in total. The average molecular weight is 264 g/mol. The molecule has 19 heavy (non-hydrogen) atoms. The van der Waals surface area contributed by atoms with Gasteiger partial charge in [0.15, 0.2) is 0 Å². The van der Waals surface area contributed by atoms with Gasteiger partial charge in [-0.15, -0.1) is 13.2 Å². The maximum atomic E-state index is 11.9. The Bertz CT molecular complexity index is 316. The molecule has 0 aromatic rings. The molecule has 106 valence electrons.